The average Bonchev–Trinajstić information content (AvgIpc) is 2.04. The molecule has 78 valence electrons. The number of hydrogen-bond acceptors (Lipinski definition) is 2. The lowest BCUT2D eigenvalue weighted by molar-refractivity contribution is 0.0898. The molecule has 0 radical (unpaired) electrons. The van der Waals surface area contributed by atoms with E-state index >= 15 is 0 Å². The Morgan fingerprint density at radius 2 is 2.08 bits per heavy atom. The predicted molar refractivity (Wildman–Crippen MR) is 58.0 cm³/mol. The highest BCUT2D eigenvalue weighted by molar-refractivity contribution is 4.93. The molecule has 1 saturated heterocycles. The maximum atomic E-state index is 3.52. The molecule has 0 saturated carbocycles. The van der Waals surface area contributed by atoms with Crippen molar-refractivity contribution in [2.75, 3.05) is 27.2 Å². The first-order valence-electron chi connectivity index (χ1n) is 5.45. The first-order valence-corrected chi connectivity index (χ1v) is 5.45. The van der Waals surface area contributed by atoms with E-state index in [0.29, 0.717) is 5.54 Å². The Kier molecular flexibility index (Phi) is 3.74. The van der Waals surface area contributed by atoms with Crippen LogP contribution in [-0.4, -0.2) is 37.6 Å². The summed E-state index contributed by atoms with van der Waals surface area (Å²) in [6, 6.07) is 0. The van der Waals surface area contributed by atoms with E-state index in [1.54, 1.807) is 0 Å². The topological polar surface area (TPSA) is 15.3 Å². The number of hydrogen-bond donors (Lipinski definition) is 1. The molecule has 1 N–H and O–H groups in total. The van der Waals surface area contributed by atoms with Gasteiger partial charge in [-0.2, -0.15) is 0 Å². The summed E-state index contributed by atoms with van der Waals surface area (Å²) in [5.74, 6) is 0.794. The van der Waals surface area contributed by atoms with Gasteiger partial charge in [0.1, 0.15) is 0 Å². The van der Waals surface area contributed by atoms with Crippen LogP contribution in [0.5, 0.6) is 0 Å². The van der Waals surface area contributed by atoms with Crippen LogP contribution in [0.25, 0.3) is 0 Å². The highest BCUT2D eigenvalue weighted by atomic mass is 15.2. The van der Waals surface area contributed by atoms with Gasteiger partial charge in [0.05, 0.1) is 0 Å². The molecular weight excluding hydrogens is 160 g/mol. The fourth-order valence-electron chi connectivity index (χ4n) is 2.45. The molecule has 1 heterocycles. The van der Waals surface area contributed by atoms with Crippen LogP contribution in [0.2, 0.25) is 0 Å². The monoisotopic (exact) mass is 184 g/mol. The summed E-state index contributed by atoms with van der Waals surface area (Å²) in [5, 5.41) is 3.52. The summed E-state index contributed by atoms with van der Waals surface area (Å²) < 4.78 is 0. The van der Waals surface area contributed by atoms with E-state index in [1.165, 1.54) is 25.8 Å². The first-order chi connectivity index (χ1) is 6.07. The number of likely N-dealkylation sites (N-methyl/N-ethyl adjacent to an activating group) is 1. The minimum absolute atomic E-state index is 0.423. The van der Waals surface area contributed by atoms with E-state index in [4.69, 9.17) is 0 Å². The Hall–Kier alpha value is -0.0800. The quantitative estimate of drug-likeness (QED) is 0.718. The van der Waals surface area contributed by atoms with E-state index in [0.717, 1.165) is 12.5 Å². The van der Waals surface area contributed by atoms with Crippen molar-refractivity contribution < 1.29 is 0 Å². The van der Waals surface area contributed by atoms with Crippen molar-refractivity contribution in [1.82, 2.24) is 10.2 Å². The molecule has 1 unspecified atom stereocenters. The highest BCUT2D eigenvalue weighted by Gasteiger charge is 2.34. The Balaban J connectivity index is 2.61. The van der Waals surface area contributed by atoms with Crippen molar-refractivity contribution >= 4 is 0 Å². The SMILES string of the molecule is CC(C)CC1(N(C)C)CCCNC1. The van der Waals surface area contributed by atoms with Gasteiger partial charge < -0.3 is 10.2 Å². The van der Waals surface area contributed by atoms with Crippen molar-refractivity contribution in [3.63, 3.8) is 0 Å². The summed E-state index contributed by atoms with van der Waals surface area (Å²) in [5.41, 5.74) is 0.423. The van der Waals surface area contributed by atoms with Gasteiger partial charge in [0, 0.05) is 12.1 Å². The normalized spacial score (nSPS) is 30.0. The van der Waals surface area contributed by atoms with Crippen molar-refractivity contribution in [1.29, 1.82) is 0 Å². The summed E-state index contributed by atoms with van der Waals surface area (Å²) in [7, 11) is 4.44. The summed E-state index contributed by atoms with van der Waals surface area (Å²) >= 11 is 0. The van der Waals surface area contributed by atoms with E-state index in [9.17, 15) is 0 Å². The number of nitrogens with one attached hydrogen (secondary N) is 1. The second kappa shape index (κ2) is 4.43. The van der Waals surface area contributed by atoms with Crippen LogP contribution in [-0.2, 0) is 0 Å². The molecule has 0 bridgehead atoms. The molecular formula is C11H24N2. The molecule has 2 nitrogen and oxygen atoms in total. The van der Waals surface area contributed by atoms with Crippen molar-refractivity contribution in [3.8, 4) is 0 Å². The van der Waals surface area contributed by atoms with E-state index in [-0.39, 0.29) is 0 Å². The number of piperidine rings is 1. The van der Waals surface area contributed by atoms with Crippen LogP contribution in [0, 0.1) is 5.92 Å². The van der Waals surface area contributed by atoms with Crippen LogP contribution in [0.15, 0.2) is 0 Å². The molecule has 0 aliphatic carbocycles. The number of nitrogens with zero attached hydrogens (tertiary/aromatic N) is 1. The molecule has 0 amide bonds. The van der Waals surface area contributed by atoms with Gasteiger partial charge in [0.25, 0.3) is 0 Å². The third-order valence-electron chi connectivity index (χ3n) is 3.19. The molecule has 0 spiro atoms. The maximum absolute atomic E-state index is 3.52. The zero-order valence-electron chi connectivity index (χ0n) is 9.56. The predicted octanol–water partition coefficient (Wildman–Crippen LogP) is 1.72. The zero-order valence-corrected chi connectivity index (χ0v) is 9.56. The van der Waals surface area contributed by atoms with Crippen LogP contribution < -0.4 is 5.32 Å². The summed E-state index contributed by atoms with van der Waals surface area (Å²) in [4.78, 5) is 2.42. The Bertz CT molecular complexity index is 146. The van der Waals surface area contributed by atoms with Crippen molar-refractivity contribution in [2.24, 2.45) is 5.92 Å². The lowest BCUT2D eigenvalue weighted by Crippen LogP contribution is -2.55. The van der Waals surface area contributed by atoms with Gasteiger partial charge in [-0.15, -0.1) is 0 Å². The summed E-state index contributed by atoms with van der Waals surface area (Å²) in [6.07, 6.45) is 3.99. The Morgan fingerprint density at radius 1 is 1.38 bits per heavy atom. The Labute approximate surface area is 82.7 Å². The lowest BCUT2D eigenvalue weighted by atomic mass is 9.81. The second-order valence-corrected chi connectivity index (χ2v) is 5.00. The van der Waals surface area contributed by atoms with Gasteiger partial charge >= 0.3 is 0 Å². The average molecular weight is 184 g/mol. The smallest absolute Gasteiger partial charge is 0.0330 e. The highest BCUT2D eigenvalue weighted by Crippen LogP contribution is 2.28. The van der Waals surface area contributed by atoms with Gasteiger partial charge in [0.2, 0.25) is 0 Å². The molecule has 1 fully saturated rings. The Morgan fingerprint density at radius 3 is 2.46 bits per heavy atom. The third kappa shape index (κ3) is 2.68. The standard InChI is InChI=1S/C11H24N2/c1-10(2)8-11(13(3)4)6-5-7-12-9-11/h10,12H,5-9H2,1-4H3. The van der Waals surface area contributed by atoms with Crippen LogP contribution in [0.3, 0.4) is 0 Å². The van der Waals surface area contributed by atoms with Gasteiger partial charge in [-0.05, 0) is 45.8 Å². The van der Waals surface area contributed by atoms with E-state index in [2.05, 4.69) is 38.2 Å². The van der Waals surface area contributed by atoms with Gasteiger partial charge in [0.15, 0.2) is 0 Å². The van der Waals surface area contributed by atoms with Gasteiger partial charge in [-0.1, -0.05) is 13.8 Å². The molecule has 0 aromatic heterocycles. The van der Waals surface area contributed by atoms with Crippen LogP contribution in [0.1, 0.15) is 33.1 Å². The first kappa shape index (κ1) is 11.0. The molecule has 0 aromatic carbocycles. The molecule has 1 rings (SSSR count). The largest absolute Gasteiger partial charge is 0.315 e. The van der Waals surface area contributed by atoms with Crippen molar-refractivity contribution in [3.05, 3.63) is 0 Å². The fraction of sp³-hybridized carbons (Fsp3) is 1.00. The van der Waals surface area contributed by atoms with E-state index < -0.39 is 0 Å². The van der Waals surface area contributed by atoms with E-state index in [1.807, 2.05) is 0 Å². The minimum Gasteiger partial charge on any atom is -0.315 e. The van der Waals surface area contributed by atoms with Crippen LogP contribution >= 0.6 is 0 Å². The molecule has 1 atom stereocenters. The zero-order chi connectivity index (χ0) is 9.90. The van der Waals surface area contributed by atoms with Gasteiger partial charge in [-0.3, -0.25) is 0 Å². The lowest BCUT2D eigenvalue weighted by Gasteiger charge is -2.44. The third-order valence-corrected chi connectivity index (χ3v) is 3.19. The van der Waals surface area contributed by atoms with Crippen molar-refractivity contribution in [2.45, 2.75) is 38.6 Å². The number of rotatable bonds is 3. The minimum atomic E-state index is 0.423. The fourth-order valence-corrected chi connectivity index (χ4v) is 2.45. The maximum Gasteiger partial charge on any atom is 0.0330 e. The molecule has 1 aliphatic rings. The van der Waals surface area contributed by atoms with Gasteiger partial charge in [-0.25, -0.2) is 0 Å². The molecule has 13 heavy (non-hydrogen) atoms. The molecule has 1 aliphatic heterocycles. The molecule has 0 aromatic rings. The second-order valence-electron chi connectivity index (χ2n) is 5.00. The molecule has 2 heteroatoms. The summed E-state index contributed by atoms with van der Waals surface area (Å²) in [6.45, 7) is 7.01. The van der Waals surface area contributed by atoms with Crippen LogP contribution in [0.4, 0.5) is 0 Å².